The van der Waals surface area contributed by atoms with Gasteiger partial charge in [-0.05, 0) is 49.9 Å². The Bertz CT molecular complexity index is 1380. The Morgan fingerprint density at radius 2 is 1.68 bits per heavy atom. The van der Waals surface area contributed by atoms with Crippen LogP contribution in [0, 0.1) is 35.2 Å². The zero-order valence-electron chi connectivity index (χ0n) is 21.2. The van der Waals surface area contributed by atoms with Gasteiger partial charge in [0, 0.05) is 29.8 Å². The number of hydrogen-bond acceptors (Lipinski definition) is 5. The number of fused-ring (bicyclic) bond motifs is 2. The van der Waals surface area contributed by atoms with Gasteiger partial charge in [-0.1, -0.05) is 5.57 Å². The molecule has 2 N–H and O–H groups in total. The van der Waals surface area contributed by atoms with Crippen molar-refractivity contribution in [1.29, 1.82) is 0 Å². The first kappa shape index (κ1) is 29.0. The Morgan fingerprint density at radius 1 is 1.00 bits per heavy atom. The zero-order valence-corrected chi connectivity index (χ0v) is 21.2. The quantitative estimate of drug-likeness (QED) is 0.277. The Morgan fingerprint density at radius 3 is 2.33 bits per heavy atom. The van der Waals surface area contributed by atoms with E-state index in [-0.39, 0.29) is 23.6 Å². The second-order valence-corrected chi connectivity index (χ2v) is 9.36. The van der Waals surface area contributed by atoms with E-state index in [0.717, 1.165) is 13.2 Å². The summed E-state index contributed by atoms with van der Waals surface area (Å²) in [6.07, 6.45) is -2.90. The smallest absolute Gasteiger partial charge is 0.419 e. The topological polar surface area (TPSA) is 93.7 Å². The van der Waals surface area contributed by atoms with Crippen molar-refractivity contribution in [2.24, 2.45) is 17.8 Å². The molecule has 0 aromatic heterocycles. The molecule has 2 bridgehead atoms. The second kappa shape index (κ2) is 11.2. The van der Waals surface area contributed by atoms with Crippen LogP contribution in [-0.4, -0.2) is 37.5 Å². The van der Waals surface area contributed by atoms with Crippen LogP contribution in [-0.2, 0) is 20.5 Å². The Hall–Kier alpha value is -4.03. The van der Waals surface area contributed by atoms with Gasteiger partial charge in [-0.25, -0.2) is 18.0 Å². The number of anilines is 1. The predicted molar refractivity (Wildman–Crippen MR) is 129 cm³/mol. The van der Waals surface area contributed by atoms with E-state index in [0.29, 0.717) is 42.7 Å². The second-order valence-electron chi connectivity index (χ2n) is 9.36. The molecule has 2 aromatic rings. The number of alkyl halides is 3. The van der Waals surface area contributed by atoms with Crippen LogP contribution in [0.4, 0.5) is 32.0 Å². The molecule has 13 heteroatoms. The fourth-order valence-electron chi connectivity index (χ4n) is 5.46. The van der Waals surface area contributed by atoms with Crippen molar-refractivity contribution in [3.05, 3.63) is 70.6 Å². The van der Waals surface area contributed by atoms with Gasteiger partial charge in [-0.15, -0.1) is 0 Å². The molecule has 2 fully saturated rings. The van der Waals surface area contributed by atoms with Crippen molar-refractivity contribution in [1.82, 2.24) is 5.32 Å². The number of nitrogens with one attached hydrogen (secondary N) is 2. The fraction of sp³-hybridized carbons (Fsp3) is 0.370. The Kier molecular flexibility index (Phi) is 8.13. The number of ether oxygens (including phenoxy) is 2. The van der Waals surface area contributed by atoms with Crippen LogP contribution in [0.25, 0.3) is 0 Å². The summed E-state index contributed by atoms with van der Waals surface area (Å²) < 4.78 is 90.9. The van der Waals surface area contributed by atoms with Crippen molar-refractivity contribution < 1.29 is 50.2 Å². The molecule has 4 rings (SSSR count). The largest absolute Gasteiger partial charge is 0.496 e. The van der Waals surface area contributed by atoms with E-state index in [9.17, 15) is 40.7 Å². The van der Waals surface area contributed by atoms with Crippen LogP contribution >= 0.6 is 0 Å². The van der Waals surface area contributed by atoms with Gasteiger partial charge >= 0.3 is 12.1 Å². The van der Waals surface area contributed by atoms with Gasteiger partial charge in [0.25, 0.3) is 5.91 Å². The van der Waals surface area contributed by atoms with Gasteiger partial charge in [-0.2, -0.15) is 13.2 Å². The van der Waals surface area contributed by atoms with Crippen molar-refractivity contribution in [2.75, 3.05) is 19.0 Å². The number of rotatable bonds is 7. The zero-order chi connectivity index (χ0) is 29.4. The van der Waals surface area contributed by atoms with Crippen molar-refractivity contribution in [3.63, 3.8) is 0 Å². The Labute approximate surface area is 224 Å². The highest BCUT2D eigenvalue weighted by Gasteiger charge is 2.55. The van der Waals surface area contributed by atoms with Crippen LogP contribution in [0.15, 0.2) is 42.0 Å². The van der Waals surface area contributed by atoms with Gasteiger partial charge < -0.3 is 20.1 Å². The minimum Gasteiger partial charge on any atom is -0.496 e. The summed E-state index contributed by atoms with van der Waals surface area (Å²) >= 11 is 0. The maximum atomic E-state index is 13.9. The maximum absolute atomic E-state index is 13.9. The lowest BCUT2D eigenvalue weighted by atomic mass is 9.83. The van der Waals surface area contributed by atoms with E-state index < -0.39 is 70.8 Å². The van der Waals surface area contributed by atoms with Crippen molar-refractivity contribution in [3.8, 4) is 5.75 Å². The molecule has 2 saturated carbocycles. The van der Waals surface area contributed by atoms with Gasteiger partial charge in [0.05, 0.1) is 30.8 Å². The molecule has 0 saturated heterocycles. The van der Waals surface area contributed by atoms with E-state index in [2.05, 4.69) is 10.6 Å². The summed E-state index contributed by atoms with van der Waals surface area (Å²) in [4.78, 5) is 38.9. The van der Waals surface area contributed by atoms with Crippen LogP contribution in [0.5, 0.6) is 5.75 Å². The van der Waals surface area contributed by atoms with Gasteiger partial charge in [0.1, 0.15) is 11.6 Å². The molecule has 4 atom stereocenters. The lowest BCUT2D eigenvalue weighted by molar-refractivity contribution is -0.140. The molecule has 0 heterocycles. The molecule has 214 valence electrons. The number of benzene rings is 2. The molecule has 2 unspecified atom stereocenters. The lowest BCUT2D eigenvalue weighted by Gasteiger charge is -2.30. The molecule has 2 aliphatic rings. The normalized spacial score (nSPS) is 22.8. The highest BCUT2D eigenvalue weighted by atomic mass is 19.4. The molecular weight excluding hydrogens is 546 g/mol. The third-order valence-electron chi connectivity index (χ3n) is 7.10. The molecule has 0 radical (unpaired) electrons. The minimum absolute atomic E-state index is 0.0874. The lowest BCUT2D eigenvalue weighted by Crippen LogP contribution is -2.48. The molecule has 2 aromatic carbocycles. The molecule has 7 nitrogen and oxygen atoms in total. The predicted octanol–water partition coefficient (Wildman–Crippen LogP) is 5.01. The molecule has 2 amide bonds. The molecular formula is C27H24F6N2O5. The summed E-state index contributed by atoms with van der Waals surface area (Å²) in [5, 5.41) is 5.00. The Balaban J connectivity index is 1.68. The van der Waals surface area contributed by atoms with Crippen LogP contribution in [0.1, 0.15) is 35.7 Å². The third-order valence-corrected chi connectivity index (χ3v) is 7.10. The summed E-state index contributed by atoms with van der Waals surface area (Å²) in [5.74, 6) is -8.90. The SMILES string of the molecule is CCOC(=O)/C=C1\C2CCC1[C@H](C(=O)Nc1ccc(F)c(C(F)(F)F)c1)[C@@H]2NC(=O)c1cc(F)c(F)cc1OC. The number of carbonyl (C=O) groups excluding carboxylic acids is 3. The standard InChI is InChI=1S/C27H24F6N2O5/c1-3-40-22(36)10-15-13-5-6-14(15)24(35-25(37)16-9-19(29)20(30)11-21(16)39-2)23(13)26(38)34-12-4-7-18(28)17(8-12)27(31,32)33/h4,7-11,13-14,23-24H,3,5-6H2,1-2H3,(H,34,38)(H,35,37)/b15-10-/t13?,14?,23-,24+/m0/s1. The monoisotopic (exact) mass is 570 g/mol. The number of amides is 2. The average Bonchev–Trinajstić information content (AvgIpc) is 3.40. The van der Waals surface area contributed by atoms with Gasteiger partial charge in [0.15, 0.2) is 11.6 Å². The summed E-state index contributed by atoms with van der Waals surface area (Å²) in [5.41, 5.74) is -1.75. The van der Waals surface area contributed by atoms with Crippen molar-refractivity contribution in [2.45, 2.75) is 32.0 Å². The highest BCUT2D eigenvalue weighted by molar-refractivity contribution is 5.99. The third kappa shape index (κ3) is 5.63. The van der Waals surface area contributed by atoms with E-state index in [4.69, 9.17) is 9.47 Å². The van der Waals surface area contributed by atoms with E-state index >= 15 is 0 Å². The number of methoxy groups -OCH3 is 1. The summed E-state index contributed by atoms with van der Waals surface area (Å²) in [6.45, 7) is 1.69. The molecule has 2 aliphatic carbocycles. The van der Waals surface area contributed by atoms with Crippen LogP contribution in [0.3, 0.4) is 0 Å². The molecule has 0 aliphatic heterocycles. The summed E-state index contributed by atoms with van der Waals surface area (Å²) in [6, 6.07) is 2.33. The molecule has 0 spiro atoms. The first-order valence-electron chi connectivity index (χ1n) is 12.2. The van der Waals surface area contributed by atoms with Gasteiger partial charge in [0.2, 0.25) is 5.91 Å². The minimum atomic E-state index is -5.01. The highest BCUT2D eigenvalue weighted by Crippen LogP contribution is 2.53. The van der Waals surface area contributed by atoms with Crippen LogP contribution < -0.4 is 15.4 Å². The van der Waals surface area contributed by atoms with E-state index in [1.807, 2.05) is 0 Å². The van der Waals surface area contributed by atoms with Crippen LogP contribution in [0.2, 0.25) is 0 Å². The number of hydrogen-bond donors (Lipinski definition) is 2. The van der Waals surface area contributed by atoms with Crippen molar-refractivity contribution >= 4 is 23.5 Å². The first-order valence-corrected chi connectivity index (χ1v) is 12.2. The number of halogens is 6. The van der Waals surface area contributed by atoms with E-state index in [1.54, 1.807) is 6.92 Å². The van der Waals surface area contributed by atoms with Gasteiger partial charge in [-0.3, -0.25) is 9.59 Å². The fourth-order valence-corrected chi connectivity index (χ4v) is 5.46. The number of carbonyl (C=O) groups is 3. The molecule has 40 heavy (non-hydrogen) atoms. The first-order chi connectivity index (χ1) is 18.8. The maximum Gasteiger partial charge on any atom is 0.419 e. The van der Waals surface area contributed by atoms with E-state index in [1.165, 1.54) is 6.08 Å². The summed E-state index contributed by atoms with van der Waals surface area (Å²) in [7, 11) is 1.15. The average molecular weight is 570 g/mol. The number of esters is 1.